The van der Waals surface area contributed by atoms with Gasteiger partial charge in [-0.25, -0.2) is 19.4 Å². The van der Waals surface area contributed by atoms with Crippen LogP contribution in [-0.4, -0.2) is 56.6 Å². The molecule has 4 rings (SSSR count). The molecule has 2 aromatic rings. The molecule has 12 heteroatoms. The molecule has 0 bridgehead atoms. The van der Waals surface area contributed by atoms with Crippen molar-refractivity contribution in [3.8, 4) is 0 Å². The number of carbonyl (C=O) groups excluding carboxylic acids is 2. The number of amidine groups is 2. The summed E-state index contributed by atoms with van der Waals surface area (Å²) in [6, 6.07) is 12.8. The summed E-state index contributed by atoms with van der Waals surface area (Å²) in [6.07, 6.45) is 2.91. The molecule has 36 heavy (non-hydrogen) atoms. The van der Waals surface area contributed by atoms with Crippen molar-refractivity contribution in [2.24, 2.45) is 0 Å². The van der Waals surface area contributed by atoms with Gasteiger partial charge in [-0.15, -0.1) is 0 Å². The van der Waals surface area contributed by atoms with Crippen molar-refractivity contribution in [2.45, 2.75) is 25.7 Å². The Hall–Kier alpha value is -2.92. The molecule has 2 fully saturated rings. The molecule has 0 saturated carbocycles. The standard InChI is InChI=1S/C24H22Cl2N6O2S2/c25-15-5-9-17(10-6-15)31-21(35)19(27)29(23(31)33)13-3-1-2-4-14-30-20(28)22(36)32(24(30)34)18-11-7-16(26)8-12-18/h5-12,27-28H,1-4,13-14H2. The smallest absolute Gasteiger partial charge is 0.282 e. The summed E-state index contributed by atoms with van der Waals surface area (Å²) in [7, 11) is 0. The maximum atomic E-state index is 12.9. The van der Waals surface area contributed by atoms with E-state index in [9.17, 15) is 9.59 Å². The maximum Gasteiger partial charge on any atom is 0.335 e. The number of halogens is 2. The Morgan fingerprint density at radius 2 is 0.944 bits per heavy atom. The number of thiocarbonyl (C=S) groups is 2. The Labute approximate surface area is 229 Å². The molecule has 2 aliphatic heterocycles. The minimum atomic E-state index is -0.348. The highest BCUT2D eigenvalue weighted by Gasteiger charge is 2.40. The van der Waals surface area contributed by atoms with Gasteiger partial charge in [0.1, 0.15) is 0 Å². The van der Waals surface area contributed by atoms with E-state index >= 15 is 0 Å². The lowest BCUT2D eigenvalue weighted by Crippen LogP contribution is -2.34. The zero-order valence-electron chi connectivity index (χ0n) is 19.0. The van der Waals surface area contributed by atoms with Crippen LogP contribution in [0.4, 0.5) is 21.0 Å². The number of nitrogens with one attached hydrogen (secondary N) is 2. The number of amides is 4. The third-order valence-electron chi connectivity index (χ3n) is 5.88. The number of anilines is 2. The zero-order valence-corrected chi connectivity index (χ0v) is 22.2. The largest absolute Gasteiger partial charge is 0.335 e. The second kappa shape index (κ2) is 11.0. The SMILES string of the molecule is N=C1C(=S)N(c2ccc(Cl)cc2)C(=O)N1CCCCCCN1C(=N)C(=S)N(c2ccc(Cl)cc2)C1=O. The third kappa shape index (κ3) is 5.12. The molecule has 0 aromatic heterocycles. The molecule has 2 aliphatic rings. The molecule has 2 heterocycles. The molecular formula is C24H22Cl2N6O2S2. The maximum absolute atomic E-state index is 12.9. The van der Waals surface area contributed by atoms with Gasteiger partial charge in [0, 0.05) is 23.1 Å². The summed E-state index contributed by atoms with van der Waals surface area (Å²) in [5.41, 5.74) is 1.15. The first-order valence-corrected chi connectivity index (χ1v) is 12.8. The minimum Gasteiger partial charge on any atom is -0.282 e. The van der Waals surface area contributed by atoms with E-state index in [4.69, 9.17) is 58.5 Å². The number of unbranched alkanes of at least 4 members (excludes halogenated alkanes) is 3. The molecule has 0 unspecified atom stereocenters. The van der Waals surface area contributed by atoms with Gasteiger partial charge in [-0.05, 0) is 61.4 Å². The zero-order chi connectivity index (χ0) is 26.0. The molecule has 2 aromatic carbocycles. The summed E-state index contributed by atoms with van der Waals surface area (Å²) in [6.45, 7) is 0.740. The summed E-state index contributed by atoms with van der Waals surface area (Å²) in [4.78, 5) is 31.5. The number of nitrogens with zero attached hydrogens (tertiary/aromatic N) is 4. The predicted molar refractivity (Wildman–Crippen MR) is 151 cm³/mol. The summed E-state index contributed by atoms with van der Waals surface area (Å²) in [5, 5.41) is 17.6. The van der Waals surface area contributed by atoms with Crippen molar-refractivity contribution in [3.63, 3.8) is 0 Å². The Bertz CT molecular complexity index is 1150. The fourth-order valence-corrected chi connectivity index (χ4v) is 4.83. The third-order valence-corrected chi connectivity index (χ3v) is 7.13. The first-order valence-electron chi connectivity index (χ1n) is 11.2. The molecular weight excluding hydrogens is 539 g/mol. The Morgan fingerprint density at radius 1 is 0.611 bits per heavy atom. The normalized spacial score (nSPS) is 16.3. The van der Waals surface area contributed by atoms with Crippen molar-refractivity contribution in [3.05, 3.63) is 58.6 Å². The number of hydrogen-bond donors (Lipinski definition) is 2. The summed E-state index contributed by atoms with van der Waals surface area (Å²) >= 11 is 22.5. The molecule has 186 valence electrons. The van der Waals surface area contributed by atoms with Crippen LogP contribution in [0.3, 0.4) is 0 Å². The van der Waals surface area contributed by atoms with Crippen LogP contribution in [0.2, 0.25) is 10.0 Å². The monoisotopic (exact) mass is 560 g/mol. The molecule has 4 amide bonds. The lowest BCUT2D eigenvalue weighted by atomic mass is 10.2. The van der Waals surface area contributed by atoms with E-state index in [2.05, 4.69) is 0 Å². The van der Waals surface area contributed by atoms with Gasteiger partial charge in [0.15, 0.2) is 21.6 Å². The van der Waals surface area contributed by atoms with Crippen LogP contribution < -0.4 is 9.80 Å². The highest BCUT2D eigenvalue weighted by Crippen LogP contribution is 2.27. The summed E-state index contributed by atoms with van der Waals surface area (Å²) < 4.78 is 0. The molecule has 2 saturated heterocycles. The first-order chi connectivity index (χ1) is 17.2. The number of rotatable bonds is 9. The molecule has 0 atom stereocenters. The van der Waals surface area contributed by atoms with E-state index in [1.54, 1.807) is 48.5 Å². The van der Waals surface area contributed by atoms with Crippen LogP contribution in [0.15, 0.2) is 48.5 Å². The number of hydrogen-bond acceptors (Lipinski definition) is 6. The second-order valence-corrected chi connectivity index (χ2v) is 9.86. The molecule has 8 nitrogen and oxygen atoms in total. The fourth-order valence-electron chi connectivity index (χ4n) is 3.99. The average Bonchev–Trinajstić information content (AvgIpc) is 3.20. The quantitative estimate of drug-likeness (QED) is 0.276. The van der Waals surface area contributed by atoms with Gasteiger partial charge in [-0.2, -0.15) is 0 Å². The molecule has 0 radical (unpaired) electrons. The minimum absolute atomic E-state index is 0.0110. The van der Waals surface area contributed by atoms with E-state index in [1.165, 1.54) is 19.6 Å². The van der Waals surface area contributed by atoms with Crippen molar-refractivity contribution < 1.29 is 9.59 Å². The van der Waals surface area contributed by atoms with Crippen LogP contribution >= 0.6 is 47.6 Å². The van der Waals surface area contributed by atoms with Gasteiger partial charge < -0.3 is 0 Å². The number of carbonyl (C=O) groups is 2. The first kappa shape index (κ1) is 26.2. The summed E-state index contributed by atoms with van der Waals surface area (Å²) in [5.74, 6) is 0.0220. The van der Waals surface area contributed by atoms with E-state index in [0.29, 0.717) is 47.4 Å². The average molecular weight is 562 g/mol. The van der Waals surface area contributed by atoms with Crippen LogP contribution in [0.25, 0.3) is 0 Å². The van der Waals surface area contributed by atoms with Crippen molar-refractivity contribution >= 4 is 92.7 Å². The van der Waals surface area contributed by atoms with Crippen LogP contribution in [0.1, 0.15) is 25.7 Å². The second-order valence-electron chi connectivity index (χ2n) is 8.21. The van der Waals surface area contributed by atoms with Gasteiger partial charge in [-0.3, -0.25) is 20.6 Å². The lowest BCUT2D eigenvalue weighted by Gasteiger charge is -2.18. The van der Waals surface area contributed by atoms with Gasteiger partial charge >= 0.3 is 12.1 Å². The van der Waals surface area contributed by atoms with E-state index < -0.39 is 0 Å². The van der Waals surface area contributed by atoms with Crippen LogP contribution in [0, 0.1) is 10.8 Å². The highest BCUT2D eigenvalue weighted by molar-refractivity contribution is 7.82. The van der Waals surface area contributed by atoms with Gasteiger partial charge in [0.05, 0.1) is 11.4 Å². The van der Waals surface area contributed by atoms with Crippen LogP contribution in [-0.2, 0) is 0 Å². The fraction of sp³-hybridized carbons (Fsp3) is 0.250. The molecule has 2 N–H and O–H groups in total. The van der Waals surface area contributed by atoms with Gasteiger partial charge in [0.2, 0.25) is 0 Å². The molecule has 0 aliphatic carbocycles. The van der Waals surface area contributed by atoms with E-state index in [-0.39, 0.29) is 33.7 Å². The predicted octanol–water partition coefficient (Wildman–Crippen LogP) is 6.35. The Kier molecular flexibility index (Phi) is 7.99. The van der Waals surface area contributed by atoms with E-state index in [0.717, 1.165) is 12.8 Å². The van der Waals surface area contributed by atoms with Gasteiger partial charge in [0.25, 0.3) is 0 Å². The van der Waals surface area contributed by atoms with Crippen molar-refractivity contribution in [2.75, 3.05) is 22.9 Å². The van der Waals surface area contributed by atoms with Crippen molar-refractivity contribution in [1.29, 1.82) is 10.8 Å². The Morgan fingerprint density at radius 3 is 1.28 bits per heavy atom. The topological polar surface area (TPSA) is 94.8 Å². The molecule has 0 spiro atoms. The Balaban J connectivity index is 1.25. The lowest BCUT2D eigenvalue weighted by molar-refractivity contribution is 0.230. The van der Waals surface area contributed by atoms with Crippen LogP contribution in [0.5, 0.6) is 0 Å². The highest BCUT2D eigenvalue weighted by atomic mass is 35.5. The van der Waals surface area contributed by atoms with Crippen molar-refractivity contribution in [1.82, 2.24) is 9.80 Å². The van der Waals surface area contributed by atoms with E-state index in [1.807, 2.05) is 0 Å². The van der Waals surface area contributed by atoms with Gasteiger partial charge in [-0.1, -0.05) is 60.5 Å². The number of benzene rings is 2. The number of urea groups is 2.